The smallest absolute Gasteiger partial charge is 0.217 e. The van der Waals surface area contributed by atoms with Gasteiger partial charge in [0.05, 0.1) is 34.7 Å². The second kappa shape index (κ2) is 7.34. The minimum Gasteiger partial charge on any atom is -0.287 e. The summed E-state index contributed by atoms with van der Waals surface area (Å²) in [5, 5.41) is 0. The normalized spacial score (nSPS) is 14.1. The molecule has 0 atom stereocenters. The SMILES string of the molecule is Cc1ccc(CCc2ncc(C)c3c2C(=O)c2nsnc2C3=O)c2c1C(=O)c1nsnc1C2=O. The lowest BCUT2D eigenvalue weighted by Gasteiger charge is -2.20. The van der Waals surface area contributed by atoms with Crippen LogP contribution in [0, 0.1) is 13.8 Å². The molecule has 0 spiro atoms. The topological polar surface area (TPSA) is 133 Å². The van der Waals surface area contributed by atoms with Crippen molar-refractivity contribution in [2.24, 2.45) is 0 Å². The Bertz CT molecular complexity index is 1500. The third-order valence-corrected chi connectivity index (χ3v) is 7.28. The van der Waals surface area contributed by atoms with E-state index in [9.17, 15) is 19.2 Å². The second-order valence-electron chi connectivity index (χ2n) is 8.17. The van der Waals surface area contributed by atoms with Crippen LogP contribution < -0.4 is 0 Å². The third-order valence-electron chi connectivity index (χ3n) is 6.22. The molecule has 11 heteroatoms. The van der Waals surface area contributed by atoms with Crippen molar-refractivity contribution >= 4 is 46.6 Å². The Morgan fingerprint density at radius 3 is 1.71 bits per heavy atom. The van der Waals surface area contributed by atoms with E-state index in [1.54, 1.807) is 32.2 Å². The van der Waals surface area contributed by atoms with Gasteiger partial charge >= 0.3 is 0 Å². The fourth-order valence-electron chi connectivity index (χ4n) is 4.58. The van der Waals surface area contributed by atoms with Crippen LogP contribution >= 0.6 is 23.5 Å². The molecule has 0 amide bonds. The van der Waals surface area contributed by atoms with Gasteiger partial charge in [-0.25, -0.2) is 0 Å². The monoisotopic (exact) mass is 487 g/mol. The van der Waals surface area contributed by atoms with Crippen LogP contribution in [-0.4, -0.2) is 45.6 Å². The summed E-state index contributed by atoms with van der Waals surface area (Å²) in [4.78, 5) is 56.8. The first kappa shape index (κ1) is 20.8. The van der Waals surface area contributed by atoms with Crippen molar-refractivity contribution in [2.45, 2.75) is 26.7 Å². The molecule has 0 saturated carbocycles. The summed E-state index contributed by atoms with van der Waals surface area (Å²) in [5.74, 6) is -1.36. The average Bonchev–Trinajstić information content (AvgIpc) is 3.51. The van der Waals surface area contributed by atoms with E-state index in [-0.39, 0.29) is 57.9 Å². The minimum atomic E-state index is -0.375. The first-order valence-electron chi connectivity index (χ1n) is 10.3. The molecule has 34 heavy (non-hydrogen) atoms. The maximum Gasteiger partial charge on any atom is 0.217 e. The number of hydrogen-bond acceptors (Lipinski definition) is 11. The molecule has 3 aromatic heterocycles. The molecular weight excluding hydrogens is 474 g/mol. The van der Waals surface area contributed by atoms with E-state index in [1.165, 1.54) is 0 Å². The fraction of sp³-hybridized carbons (Fsp3) is 0.174. The molecule has 0 N–H and O–H groups in total. The summed E-state index contributed by atoms with van der Waals surface area (Å²) in [6.07, 6.45) is 2.19. The largest absolute Gasteiger partial charge is 0.287 e. The molecule has 1 aromatic carbocycles. The number of aryl methyl sites for hydroxylation is 4. The fourth-order valence-corrected chi connectivity index (χ4v) is 5.67. The lowest BCUT2D eigenvalue weighted by molar-refractivity contribution is 0.0972. The van der Waals surface area contributed by atoms with Crippen LogP contribution in [0.4, 0.5) is 0 Å². The van der Waals surface area contributed by atoms with E-state index in [0.717, 1.165) is 23.5 Å². The van der Waals surface area contributed by atoms with Gasteiger partial charge in [0.25, 0.3) is 0 Å². The molecule has 0 radical (unpaired) electrons. The standard InChI is InChI=1S/C23H13N5O4S2/c1-8-3-4-10(14-12(8)20(29)16-18(22(14)31)27-33-25-16)5-6-11-15-13(9(2)7-24-11)21(30)17-19(23(15)32)28-34-26-17/h3-4,7H,5-6H2,1-2H3. The van der Waals surface area contributed by atoms with Gasteiger partial charge in [-0.2, -0.15) is 17.5 Å². The van der Waals surface area contributed by atoms with Gasteiger partial charge in [-0.1, -0.05) is 12.1 Å². The molecule has 3 heterocycles. The molecule has 6 rings (SSSR count). The molecule has 4 aromatic rings. The first-order chi connectivity index (χ1) is 16.4. The third kappa shape index (κ3) is 2.74. The molecule has 0 aliphatic heterocycles. The van der Waals surface area contributed by atoms with E-state index in [1.807, 2.05) is 0 Å². The van der Waals surface area contributed by atoms with E-state index < -0.39 is 0 Å². The summed E-state index contributed by atoms with van der Waals surface area (Å²) >= 11 is 1.66. The summed E-state index contributed by atoms with van der Waals surface area (Å²) in [7, 11) is 0. The van der Waals surface area contributed by atoms with Crippen molar-refractivity contribution in [3.05, 3.63) is 85.7 Å². The molecule has 166 valence electrons. The highest BCUT2D eigenvalue weighted by Crippen LogP contribution is 2.33. The van der Waals surface area contributed by atoms with Gasteiger partial charge in [0.2, 0.25) is 23.1 Å². The Morgan fingerprint density at radius 1 is 0.618 bits per heavy atom. The summed E-state index contributed by atoms with van der Waals surface area (Å²) in [6, 6.07) is 3.60. The quantitative estimate of drug-likeness (QED) is 0.369. The number of ketones is 4. The number of benzene rings is 1. The Hall–Kier alpha value is -3.83. The number of hydrogen-bond donors (Lipinski definition) is 0. The Balaban J connectivity index is 1.42. The number of carbonyl (C=O) groups excluding carboxylic acids is 4. The number of nitrogens with zero attached hydrogens (tertiary/aromatic N) is 5. The number of aromatic nitrogens is 5. The predicted octanol–water partition coefficient (Wildman–Crippen LogP) is 2.74. The van der Waals surface area contributed by atoms with Crippen LogP contribution in [0.3, 0.4) is 0 Å². The number of carbonyl (C=O) groups is 4. The van der Waals surface area contributed by atoms with Crippen LogP contribution in [0.5, 0.6) is 0 Å². The van der Waals surface area contributed by atoms with Crippen LogP contribution in [0.1, 0.15) is 86.6 Å². The van der Waals surface area contributed by atoms with E-state index in [0.29, 0.717) is 45.5 Å². The van der Waals surface area contributed by atoms with E-state index >= 15 is 0 Å². The van der Waals surface area contributed by atoms with Crippen LogP contribution in [0.15, 0.2) is 18.3 Å². The molecule has 0 bridgehead atoms. The van der Waals surface area contributed by atoms with Crippen molar-refractivity contribution in [3.8, 4) is 0 Å². The zero-order valence-corrected chi connectivity index (χ0v) is 19.5. The van der Waals surface area contributed by atoms with Gasteiger partial charge in [-0.15, -0.1) is 0 Å². The maximum atomic E-state index is 13.2. The first-order valence-corrected chi connectivity index (χ1v) is 11.8. The van der Waals surface area contributed by atoms with Crippen molar-refractivity contribution < 1.29 is 19.2 Å². The number of rotatable bonds is 3. The molecule has 2 aliphatic rings. The van der Waals surface area contributed by atoms with Crippen molar-refractivity contribution in [1.82, 2.24) is 22.5 Å². The van der Waals surface area contributed by atoms with Gasteiger partial charge in [0.15, 0.2) is 22.8 Å². The minimum absolute atomic E-state index is 0.0493. The summed E-state index contributed by atoms with van der Waals surface area (Å²) in [5.41, 5.74) is 3.85. The molecular formula is C23H13N5O4S2. The van der Waals surface area contributed by atoms with Crippen molar-refractivity contribution in [2.75, 3.05) is 0 Å². The number of pyridine rings is 1. The highest BCUT2D eigenvalue weighted by Gasteiger charge is 2.38. The highest BCUT2D eigenvalue weighted by molar-refractivity contribution is 6.99. The molecule has 0 saturated heterocycles. The maximum absolute atomic E-state index is 13.2. The zero-order valence-electron chi connectivity index (χ0n) is 17.8. The van der Waals surface area contributed by atoms with Crippen molar-refractivity contribution in [1.29, 1.82) is 0 Å². The Labute approximate surface area is 200 Å². The second-order valence-corrected chi connectivity index (χ2v) is 9.23. The van der Waals surface area contributed by atoms with Gasteiger partial charge in [0, 0.05) is 22.9 Å². The van der Waals surface area contributed by atoms with E-state index in [4.69, 9.17) is 0 Å². The molecule has 0 fully saturated rings. The lowest BCUT2D eigenvalue weighted by atomic mass is 9.82. The molecule has 2 aliphatic carbocycles. The zero-order chi connectivity index (χ0) is 23.7. The Kier molecular flexibility index (Phi) is 4.48. The molecule has 9 nitrogen and oxygen atoms in total. The van der Waals surface area contributed by atoms with Crippen LogP contribution in [0.25, 0.3) is 0 Å². The summed E-state index contributed by atoms with van der Waals surface area (Å²) in [6.45, 7) is 3.51. The average molecular weight is 488 g/mol. The highest BCUT2D eigenvalue weighted by atomic mass is 32.1. The van der Waals surface area contributed by atoms with Gasteiger partial charge in [-0.3, -0.25) is 24.2 Å². The predicted molar refractivity (Wildman–Crippen MR) is 121 cm³/mol. The molecule has 0 unspecified atom stereocenters. The van der Waals surface area contributed by atoms with E-state index in [2.05, 4.69) is 22.5 Å². The lowest BCUT2D eigenvalue weighted by Crippen LogP contribution is -2.25. The summed E-state index contributed by atoms with van der Waals surface area (Å²) < 4.78 is 16.1. The Morgan fingerprint density at radius 2 is 1.12 bits per heavy atom. The van der Waals surface area contributed by atoms with Crippen LogP contribution in [-0.2, 0) is 12.8 Å². The van der Waals surface area contributed by atoms with Gasteiger partial charge in [-0.05, 0) is 43.4 Å². The van der Waals surface area contributed by atoms with Gasteiger partial charge < -0.3 is 0 Å². The number of fused-ring (bicyclic) bond motifs is 4. The van der Waals surface area contributed by atoms with Gasteiger partial charge in [0.1, 0.15) is 0 Å². The van der Waals surface area contributed by atoms with Crippen molar-refractivity contribution in [3.63, 3.8) is 0 Å². The van der Waals surface area contributed by atoms with Crippen LogP contribution in [0.2, 0.25) is 0 Å².